The molecule has 1 rings (SSSR count). The Balaban J connectivity index is 2.48. The minimum absolute atomic E-state index is 0.0928. The summed E-state index contributed by atoms with van der Waals surface area (Å²) in [6, 6.07) is 8.16. The number of methoxy groups -OCH3 is 1. The Morgan fingerprint density at radius 2 is 1.74 bits per heavy atom. The Morgan fingerprint density at radius 3 is 2.30 bits per heavy atom. The number of alkyl carbamates (subject to hydrolysis) is 1. The van der Waals surface area contributed by atoms with E-state index in [0.29, 0.717) is 0 Å². The van der Waals surface area contributed by atoms with E-state index in [1.165, 1.54) is 7.11 Å². The Hall–Kier alpha value is -2.61. The molecule has 2 atom stereocenters. The maximum Gasteiger partial charge on any atom is 0.407 e. The van der Waals surface area contributed by atoms with Crippen LogP contribution in [-0.2, 0) is 30.4 Å². The molecule has 1 aromatic carbocycles. The van der Waals surface area contributed by atoms with E-state index < -0.39 is 35.7 Å². The van der Waals surface area contributed by atoms with Gasteiger partial charge in [0.2, 0.25) is 5.91 Å². The molecule has 150 valence electrons. The summed E-state index contributed by atoms with van der Waals surface area (Å²) in [5.41, 5.74) is 0.326. The van der Waals surface area contributed by atoms with Crippen molar-refractivity contribution in [3.63, 3.8) is 0 Å². The number of carbonyl (C=O) groups excluding carboxylic acids is 3. The van der Waals surface area contributed by atoms with Gasteiger partial charge in [0, 0.05) is 0 Å². The van der Waals surface area contributed by atoms with Crippen molar-refractivity contribution in [2.75, 3.05) is 13.7 Å². The Labute approximate surface area is 159 Å². The van der Waals surface area contributed by atoms with Crippen LogP contribution in [0.1, 0.15) is 33.3 Å². The predicted octanol–water partition coefficient (Wildman–Crippen LogP) is 1.77. The van der Waals surface area contributed by atoms with Gasteiger partial charge in [-0.05, 0) is 33.3 Å². The standard InChI is InChI=1S/C19H28N2O6/c1-13(27-19(2,3)4)16(17(23)25-5)21-15(22)11-20-18(24)26-12-14-9-7-6-8-10-14/h6-10,13,16H,11-12H2,1-5H3,(H,20,24)(H,21,22). The largest absolute Gasteiger partial charge is 0.467 e. The molecule has 0 aliphatic carbocycles. The molecule has 0 bridgehead atoms. The molecule has 2 amide bonds. The zero-order chi connectivity index (χ0) is 20.4. The van der Waals surface area contributed by atoms with Crippen molar-refractivity contribution in [2.24, 2.45) is 0 Å². The number of hydrogen-bond donors (Lipinski definition) is 2. The summed E-state index contributed by atoms with van der Waals surface area (Å²) in [4.78, 5) is 35.7. The van der Waals surface area contributed by atoms with Crippen molar-refractivity contribution in [1.82, 2.24) is 10.6 Å². The van der Waals surface area contributed by atoms with Crippen LogP contribution in [0, 0.1) is 0 Å². The third-order valence-electron chi connectivity index (χ3n) is 3.39. The predicted molar refractivity (Wildman–Crippen MR) is 98.9 cm³/mol. The second kappa shape index (κ2) is 10.5. The van der Waals surface area contributed by atoms with Crippen LogP contribution in [0.4, 0.5) is 4.79 Å². The molecule has 8 heteroatoms. The molecule has 0 radical (unpaired) electrons. The molecule has 8 nitrogen and oxygen atoms in total. The van der Waals surface area contributed by atoms with Crippen molar-refractivity contribution in [1.29, 1.82) is 0 Å². The minimum atomic E-state index is -0.996. The normalized spacial score (nSPS) is 13.2. The van der Waals surface area contributed by atoms with Gasteiger partial charge in [-0.25, -0.2) is 9.59 Å². The van der Waals surface area contributed by atoms with Crippen molar-refractivity contribution >= 4 is 18.0 Å². The van der Waals surface area contributed by atoms with Crippen LogP contribution in [0.2, 0.25) is 0 Å². The molecule has 0 aliphatic heterocycles. The second-order valence-corrected chi connectivity index (χ2v) is 6.92. The van der Waals surface area contributed by atoms with E-state index >= 15 is 0 Å². The number of ether oxygens (including phenoxy) is 3. The highest BCUT2D eigenvalue weighted by molar-refractivity contribution is 5.87. The molecule has 0 aliphatic rings. The van der Waals surface area contributed by atoms with Gasteiger partial charge in [0.15, 0.2) is 6.04 Å². The highest BCUT2D eigenvalue weighted by Crippen LogP contribution is 2.13. The van der Waals surface area contributed by atoms with Gasteiger partial charge >= 0.3 is 12.1 Å². The van der Waals surface area contributed by atoms with Crippen LogP contribution < -0.4 is 10.6 Å². The fraction of sp³-hybridized carbons (Fsp3) is 0.526. The van der Waals surface area contributed by atoms with Crippen LogP contribution in [0.5, 0.6) is 0 Å². The molecule has 2 unspecified atom stereocenters. The van der Waals surface area contributed by atoms with Crippen LogP contribution in [0.3, 0.4) is 0 Å². The number of carbonyl (C=O) groups is 3. The van der Waals surface area contributed by atoms with Gasteiger partial charge in [0.25, 0.3) is 0 Å². The average Bonchev–Trinajstić information content (AvgIpc) is 2.61. The molecule has 27 heavy (non-hydrogen) atoms. The van der Waals surface area contributed by atoms with E-state index in [4.69, 9.17) is 14.2 Å². The number of rotatable bonds is 8. The van der Waals surface area contributed by atoms with Crippen molar-refractivity contribution < 1.29 is 28.6 Å². The minimum Gasteiger partial charge on any atom is -0.467 e. The van der Waals surface area contributed by atoms with E-state index in [9.17, 15) is 14.4 Å². The average molecular weight is 380 g/mol. The first-order chi connectivity index (χ1) is 12.6. The lowest BCUT2D eigenvalue weighted by Crippen LogP contribution is -2.53. The van der Waals surface area contributed by atoms with E-state index in [2.05, 4.69) is 10.6 Å². The van der Waals surface area contributed by atoms with Gasteiger partial charge in [-0.15, -0.1) is 0 Å². The van der Waals surface area contributed by atoms with E-state index in [1.807, 2.05) is 51.1 Å². The summed E-state index contributed by atoms with van der Waals surface area (Å²) in [6.07, 6.45) is -1.35. The van der Waals surface area contributed by atoms with Crippen molar-refractivity contribution in [3.8, 4) is 0 Å². The van der Waals surface area contributed by atoms with Gasteiger partial charge in [-0.3, -0.25) is 4.79 Å². The highest BCUT2D eigenvalue weighted by Gasteiger charge is 2.31. The van der Waals surface area contributed by atoms with Gasteiger partial charge < -0.3 is 24.8 Å². The molecule has 0 saturated heterocycles. The van der Waals surface area contributed by atoms with E-state index in [-0.39, 0.29) is 13.2 Å². The number of benzene rings is 1. The monoisotopic (exact) mass is 380 g/mol. The quantitative estimate of drug-likeness (QED) is 0.667. The first-order valence-corrected chi connectivity index (χ1v) is 8.62. The SMILES string of the molecule is COC(=O)C(NC(=O)CNC(=O)OCc1ccccc1)C(C)OC(C)(C)C. The van der Waals surface area contributed by atoms with E-state index in [1.54, 1.807) is 6.92 Å². The molecular formula is C19H28N2O6. The molecule has 0 saturated carbocycles. The molecule has 0 spiro atoms. The summed E-state index contributed by atoms with van der Waals surface area (Å²) in [5.74, 6) is -1.20. The zero-order valence-electron chi connectivity index (χ0n) is 16.4. The third kappa shape index (κ3) is 9.05. The smallest absolute Gasteiger partial charge is 0.407 e. The van der Waals surface area contributed by atoms with Gasteiger partial charge in [0.1, 0.15) is 13.2 Å². The molecule has 0 heterocycles. The number of amides is 2. The lowest BCUT2D eigenvalue weighted by Gasteiger charge is -2.29. The lowest BCUT2D eigenvalue weighted by molar-refractivity contribution is -0.153. The lowest BCUT2D eigenvalue weighted by atomic mass is 10.1. The number of nitrogens with one attached hydrogen (secondary N) is 2. The molecular weight excluding hydrogens is 352 g/mol. The van der Waals surface area contributed by atoms with Gasteiger partial charge in [0.05, 0.1) is 18.8 Å². The van der Waals surface area contributed by atoms with Gasteiger partial charge in [-0.1, -0.05) is 30.3 Å². The van der Waals surface area contributed by atoms with Crippen LogP contribution >= 0.6 is 0 Å². The summed E-state index contributed by atoms with van der Waals surface area (Å²) in [6.45, 7) is 6.92. The summed E-state index contributed by atoms with van der Waals surface area (Å²) in [7, 11) is 1.23. The first-order valence-electron chi connectivity index (χ1n) is 8.62. The zero-order valence-corrected chi connectivity index (χ0v) is 16.4. The fourth-order valence-electron chi connectivity index (χ4n) is 2.27. The van der Waals surface area contributed by atoms with Crippen LogP contribution in [-0.4, -0.2) is 49.4 Å². The molecule has 0 aromatic heterocycles. The van der Waals surface area contributed by atoms with Crippen molar-refractivity contribution in [2.45, 2.75) is 52.0 Å². The summed E-state index contributed by atoms with van der Waals surface area (Å²) < 4.78 is 15.4. The molecule has 2 N–H and O–H groups in total. The fourth-order valence-corrected chi connectivity index (χ4v) is 2.27. The summed E-state index contributed by atoms with van der Waals surface area (Å²) >= 11 is 0. The second-order valence-electron chi connectivity index (χ2n) is 6.92. The Kier molecular flexibility index (Phi) is 8.74. The Morgan fingerprint density at radius 1 is 1.11 bits per heavy atom. The number of esters is 1. The maximum absolute atomic E-state index is 12.1. The van der Waals surface area contributed by atoms with E-state index in [0.717, 1.165) is 5.56 Å². The topological polar surface area (TPSA) is 103 Å². The van der Waals surface area contributed by atoms with Crippen molar-refractivity contribution in [3.05, 3.63) is 35.9 Å². The van der Waals surface area contributed by atoms with Gasteiger partial charge in [-0.2, -0.15) is 0 Å². The highest BCUT2D eigenvalue weighted by atomic mass is 16.5. The maximum atomic E-state index is 12.1. The number of hydrogen-bond acceptors (Lipinski definition) is 6. The first kappa shape index (κ1) is 22.4. The molecule has 0 fully saturated rings. The summed E-state index contributed by atoms with van der Waals surface area (Å²) in [5, 5.41) is 4.85. The molecule has 1 aromatic rings. The van der Waals surface area contributed by atoms with Crippen LogP contribution in [0.15, 0.2) is 30.3 Å². The van der Waals surface area contributed by atoms with Crippen LogP contribution in [0.25, 0.3) is 0 Å². The Bertz CT molecular complexity index is 627. The third-order valence-corrected chi connectivity index (χ3v) is 3.39.